The van der Waals surface area contributed by atoms with E-state index in [2.05, 4.69) is 4.98 Å². The fourth-order valence-corrected chi connectivity index (χ4v) is 6.12. The molecule has 154 valence electrons. The summed E-state index contributed by atoms with van der Waals surface area (Å²) in [5.74, 6) is -0.817. The predicted octanol–water partition coefficient (Wildman–Crippen LogP) is 1.92. The number of hydrogen-bond donors (Lipinski definition) is 0. The van der Waals surface area contributed by atoms with Crippen molar-refractivity contribution in [2.45, 2.75) is 38.6 Å². The van der Waals surface area contributed by atoms with Crippen molar-refractivity contribution in [3.63, 3.8) is 0 Å². The molecule has 0 radical (unpaired) electrons. The van der Waals surface area contributed by atoms with Gasteiger partial charge in [-0.25, -0.2) is 13.2 Å². The first kappa shape index (κ1) is 19.8. The van der Waals surface area contributed by atoms with Gasteiger partial charge in [0.05, 0.1) is 22.6 Å². The Bertz CT molecular complexity index is 1080. The van der Waals surface area contributed by atoms with E-state index in [1.54, 1.807) is 6.92 Å². The number of esters is 1. The van der Waals surface area contributed by atoms with Gasteiger partial charge in [0.25, 0.3) is 5.91 Å². The van der Waals surface area contributed by atoms with Gasteiger partial charge >= 0.3 is 5.97 Å². The Kier molecular flexibility index (Phi) is 5.29. The summed E-state index contributed by atoms with van der Waals surface area (Å²) in [6.07, 6.45) is 2.97. The molecule has 2 aromatic rings. The molecular weight excluding hydrogens is 392 g/mol. The van der Waals surface area contributed by atoms with Crippen LogP contribution in [0.2, 0.25) is 0 Å². The molecule has 0 saturated carbocycles. The van der Waals surface area contributed by atoms with Gasteiger partial charge in [0.15, 0.2) is 16.4 Å². The third-order valence-electron chi connectivity index (χ3n) is 5.76. The number of likely N-dealkylation sites (N-methyl/N-ethyl adjacent to an activating group) is 1. The molecule has 0 N–H and O–H groups in total. The Hall–Kier alpha value is -2.48. The maximum Gasteiger partial charge on any atom is 0.339 e. The number of para-hydroxylation sites is 1. The lowest BCUT2D eigenvalue weighted by Crippen LogP contribution is -2.43. The van der Waals surface area contributed by atoms with Gasteiger partial charge in [0.1, 0.15) is 0 Å². The summed E-state index contributed by atoms with van der Waals surface area (Å²) in [6.45, 7) is 1.78. The molecule has 1 aliphatic carbocycles. The van der Waals surface area contributed by atoms with Gasteiger partial charge in [-0.2, -0.15) is 0 Å². The molecule has 0 spiro atoms. The molecule has 1 fully saturated rings. The minimum atomic E-state index is -3.10. The molecule has 7 nitrogen and oxygen atoms in total. The van der Waals surface area contributed by atoms with E-state index in [0.717, 1.165) is 41.4 Å². The summed E-state index contributed by atoms with van der Waals surface area (Å²) in [7, 11) is -3.10. The van der Waals surface area contributed by atoms with Crippen LogP contribution in [-0.2, 0) is 32.2 Å². The Balaban J connectivity index is 1.52. The highest BCUT2D eigenvalue weighted by molar-refractivity contribution is 7.91. The zero-order chi connectivity index (χ0) is 20.6. The maximum absolute atomic E-state index is 12.9. The van der Waals surface area contributed by atoms with Gasteiger partial charge in [0.2, 0.25) is 0 Å². The molecule has 1 aromatic heterocycles. The lowest BCUT2D eigenvalue weighted by molar-refractivity contribution is -0.136. The van der Waals surface area contributed by atoms with E-state index < -0.39 is 22.4 Å². The van der Waals surface area contributed by atoms with Gasteiger partial charge in [-0.1, -0.05) is 18.2 Å². The van der Waals surface area contributed by atoms with Crippen LogP contribution in [0.1, 0.15) is 41.4 Å². The summed E-state index contributed by atoms with van der Waals surface area (Å²) in [4.78, 5) is 31.8. The van der Waals surface area contributed by atoms with Gasteiger partial charge in [0, 0.05) is 23.7 Å². The van der Waals surface area contributed by atoms with Crippen molar-refractivity contribution in [3.8, 4) is 0 Å². The first-order valence-electron chi connectivity index (χ1n) is 9.97. The van der Waals surface area contributed by atoms with Crippen molar-refractivity contribution in [1.82, 2.24) is 9.88 Å². The predicted molar refractivity (Wildman–Crippen MR) is 108 cm³/mol. The van der Waals surface area contributed by atoms with Crippen molar-refractivity contribution < 1.29 is 22.7 Å². The average molecular weight is 416 g/mol. The van der Waals surface area contributed by atoms with Gasteiger partial charge in [-0.05, 0) is 44.2 Å². The van der Waals surface area contributed by atoms with Crippen molar-refractivity contribution in [2.24, 2.45) is 0 Å². The number of benzene rings is 1. The van der Waals surface area contributed by atoms with E-state index in [1.165, 1.54) is 4.90 Å². The van der Waals surface area contributed by atoms with Crippen LogP contribution in [0.5, 0.6) is 0 Å². The largest absolute Gasteiger partial charge is 0.452 e. The lowest BCUT2D eigenvalue weighted by atomic mass is 10.0. The van der Waals surface area contributed by atoms with Crippen molar-refractivity contribution in [1.29, 1.82) is 0 Å². The van der Waals surface area contributed by atoms with E-state index in [4.69, 9.17) is 4.74 Å². The summed E-state index contributed by atoms with van der Waals surface area (Å²) in [5.41, 5.74) is 3.09. The zero-order valence-corrected chi connectivity index (χ0v) is 17.2. The summed E-state index contributed by atoms with van der Waals surface area (Å²) in [5, 5.41) is 0.736. The van der Waals surface area contributed by atoms with E-state index >= 15 is 0 Å². The molecule has 1 saturated heterocycles. The second-order valence-corrected chi connectivity index (χ2v) is 9.82. The van der Waals surface area contributed by atoms with E-state index in [0.29, 0.717) is 18.5 Å². The van der Waals surface area contributed by atoms with Crippen LogP contribution in [0.4, 0.5) is 0 Å². The quantitative estimate of drug-likeness (QED) is 0.692. The number of nitrogens with zero attached hydrogens (tertiary/aromatic N) is 2. The summed E-state index contributed by atoms with van der Waals surface area (Å²) < 4.78 is 28.9. The Labute approximate surface area is 170 Å². The molecule has 1 aliphatic heterocycles. The molecule has 2 heterocycles. The standard InChI is InChI=1S/C21H24N2O5S/c1-2-23(14-10-11-29(26,27)13-14)19(24)12-28-21(25)20-15-6-3-4-8-17(15)22-18-9-5-7-16(18)20/h3-4,6,8,14H,2,5,7,9-13H2,1H3/t14-/m1/s1. The van der Waals surface area contributed by atoms with Crippen molar-refractivity contribution >= 4 is 32.6 Å². The van der Waals surface area contributed by atoms with E-state index in [9.17, 15) is 18.0 Å². The normalized spacial score (nSPS) is 19.8. The monoisotopic (exact) mass is 416 g/mol. The first-order valence-corrected chi connectivity index (χ1v) is 11.8. The number of rotatable bonds is 5. The second kappa shape index (κ2) is 7.74. The minimum absolute atomic E-state index is 0.0248. The number of fused-ring (bicyclic) bond motifs is 2. The number of carbonyl (C=O) groups is 2. The topological polar surface area (TPSA) is 93.6 Å². The third-order valence-corrected chi connectivity index (χ3v) is 7.51. The smallest absolute Gasteiger partial charge is 0.339 e. The van der Waals surface area contributed by atoms with Crippen LogP contribution in [0, 0.1) is 0 Å². The number of sulfone groups is 1. The molecule has 29 heavy (non-hydrogen) atoms. The molecule has 1 amide bonds. The minimum Gasteiger partial charge on any atom is -0.452 e. The highest BCUT2D eigenvalue weighted by Gasteiger charge is 2.34. The lowest BCUT2D eigenvalue weighted by Gasteiger charge is -2.26. The van der Waals surface area contributed by atoms with E-state index in [-0.39, 0.29) is 23.5 Å². The van der Waals surface area contributed by atoms with Crippen LogP contribution in [-0.4, -0.2) is 60.9 Å². The average Bonchev–Trinajstić information content (AvgIpc) is 3.30. The van der Waals surface area contributed by atoms with Gasteiger partial charge in [-0.15, -0.1) is 0 Å². The number of hydrogen-bond acceptors (Lipinski definition) is 6. The highest BCUT2D eigenvalue weighted by atomic mass is 32.2. The first-order chi connectivity index (χ1) is 13.9. The second-order valence-electron chi connectivity index (χ2n) is 7.60. The number of aryl methyl sites for hydroxylation is 1. The number of pyridine rings is 1. The molecular formula is C21H24N2O5S. The SMILES string of the molecule is CCN(C(=O)COC(=O)c1c2c(nc3ccccc13)CCC2)[C@@H]1CCS(=O)(=O)C1. The molecule has 0 bridgehead atoms. The molecule has 1 aromatic carbocycles. The maximum atomic E-state index is 12.9. The Morgan fingerprint density at radius 1 is 1.24 bits per heavy atom. The van der Waals surface area contributed by atoms with E-state index in [1.807, 2.05) is 24.3 Å². The molecule has 0 unspecified atom stereocenters. The summed E-state index contributed by atoms with van der Waals surface area (Å²) >= 11 is 0. The Morgan fingerprint density at radius 2 is 2.03 bits per heavy atom. The zero-order valence-electron chi connectivity index (χ0n) is 16.4. The van der Waals surface area contributed by atoms with Crippen LogP contribution >= 0.6 is 0 Å². The number of ether oxygens (including phenoxy) is 1. The van der Waals surface area contributed by atoms with Crippen molar-refractivity contribution in [2.75, 3.05) is 24.7 Å². The third kappa shape index (κ3) is 3.85. The fraction of sp³-hybridized carbons (Fsp3) is 0.476. The molecule has 4 rings (SSSR count). The number of carbonyl (C=O) groups excluding carboxylic acids is 2. The number of aromatic nitrogens is 1. The molecule has 8 heteroatoms. The summed E-state index contributed by atoms with van der Waals surface area (Å²) in [6, 6.07) is 7.11. The Morgan fingerprint density at radius 3 is 2.76 bits per heavy atom. The highest BCUT2D eigenvalue weighted by Crippen LogP contribution is 2.30. The van der Waals surface area contributed by atoms with Gasteiger partial charge in [-0.3, -0.25) is 9.78 Å². The van der Waals surface area contributed by atoms with Crippen LogP contribution in [0.3, 0.4) is 0 Å². The number of amides is 1. The van der Waals surface area contributed by atoms with Crippen LogP contribution in [0.15, 0.2) is 24.3 Å². The van der Waals surface area contributed by atoms with Crippen molar-refractivity contribution in [3.05, 3.63) is 41.1 Å². The molecule has 2 aliphatic rings. The van der Waals surface area contributed by atoms with Crippen LogP contribution in [0.25, 0.3) is 10.9 Å². The molecule has 1 atom stereocenters. The van der Waals surface area contributed by atoms with Gasteiger partial charge < -0.3 is 9.64 Å². The fourth-order valence-electron chi connectivity index (χ4n) is 4.39. The van der Waals surface area contributed by atoms with Crippen LogP contribution < -0.4 is 0 Å².